The second kappa shape index (κ2) is 4.79. The predicted molar refractivity (Wildman–Crippen MR) is 76.4 cm³/mol. The number of hydrogen-bond acceptors (Lipinski definition) is 2. The van der Waals surface area contributed by atoms with E-state index in [4.69, 9.17) is 5.73 Å². The highest BCUT2D eigenvalue weighted by atomic mass is 15.2. The molecule has 1 saturated heterocycles. The highest BCUT2D eigenvalue weighted by Crippen LogP contribution is 2.42. The molecule has 104 valence electrons. The van der Waals surface area contributed by atoms with Gasteiger partial charge >= 0.3 is 0 Å². The first-order valence-electron chi connectivity index (χ1n) is 8.05. The van der Waals surface area contributed by atoms with Crippen molar-refractivity contribution < 1.29 is 0 Å². The van der Waals surface area contributed by atoms with Crippen molar-refractivity contribution in [3.05, 3.63) is 0 Å². The van der Waals surface area contributed by atoms with Crippen LogP contribution >= 0.6 is 0 Å². The zero-order valence-electron chi connectivity index (χ0n) is 12.2. The molecular formula is C16H30N2. The molecule has 0 bridgehead atoms. The minimum absolute atomic E-state index is 0.491. The average Bonchev–Trinajstić information content (AvgIpc) is 2.73. The lowest BCUT2D eigenvalue weighted by Crippen LogP contribution is -2.41. The normalized spacial score (nSPS) is 44.8. The van der Waals surface area contributed by atoms with Crippen LogP contribution in [0.2, 0.25) is 0 Å². The van der Waals surface area contributed by atoms with E-state index in [0.717, 1.165) is 17.9 Å². The fourth-order valence-corrected chi connectivity index (χ4v) is 4.82. The van der Waals surface area contributed by atoms with Crippen LogP contribution in [0.3, 0.4) is 0 Å². The van der Waals surface area contributed by atoms with Gasteiger partial charge in [-0.1, -0.05) is 26.7 Å². The summed E-state index contributed by atoms with van der Waals surface area (Å²) in [5.41, 5.74) is 6.91. The van der Waals surface area contributed by atoms with Gasteiger partial charge in [-0.05, 0) is 49.4 Å². The molecule has 18 heavy (non-hydrogen) atoms. The van der Waals surface area contributed by atoms with Crippen LogP contribution in [0.1, 0.15) is 58.8 Å². The van der Waals surface area contributed by atoms with E-state index in [1.165, 1.54) is 58.0 Å². The van der Waals surface area contributed by atoms with Crippen LogP contribution in [0.4, 0.5) is 0 Å². The largest absolute Gasteiger partial charge is 0.327 e. The third kappa shape index (κ3) is 2.46. The van der Waals surface area contributed by atoms with Crippen LogP contribution in [0.15, 0.2) is 0 Å². The van der Waals surface area contributed by atoms with Gasteiger partial charge < -0.3 is 5.73 Å². The third-order valence-electron chi connectivity index (χ3n) is 5.88. The first kappa shape index (κ1) is 12.9. The van der Waals surface area contributed by atoms with Gasteiger partial charge in [0, 0.05) is 25.2 Å². The summed E-state index contributed by atoms with van der Waals surface area (Å²) >= 11 is 0. The van der Waals surface area contributed by atoms with Gasteiger partial charge in [-0.2, -0.15) is 0 Å². The maximum Gasteiger partial charge on any atom is 0.0101 e. The second-order valence-electron chi connectivity index (χ2n) is 7.89. The van der Waals surface area contributed by atoms with Gasteiger partial charge in [-0.3, -0.25) is 4.90 Å². The monoisotopic (exact) mass is 250 g/mol. The molecule has 2 aliphatic carbocycles. The Morgan fingerprint density at radius 2 is 1.89 bits per heavy atom. The number of likely N-dealkylation sites (tertiary alicyclic amines) is 1. The molecule has 4 unspecified atom stereocenters. The Morgan fingerprint density at radius 3 is 2.61 bits per heavy atom. The molecule has 3 fully saturated rings. The van der Waals surface area contributed by atoms with Crippen LogP contribution in [0.5, 0.6) is 0 Å². The summed E-state index contributed by atoms with van der Waals surface area (Å²) in [6.45, 7) is 7.55. The van der Waals surface area contributed by atoms with Gasteiger partial charge in [0.1, 0.15) is 0 Å². The van der Waals surface area contributed by atoms with E-state index in [-0.39, 0.29) is 0 Å². The Hall–Kier alpha value is -0.0800. The number of nitrogens with two attached hydrogens (primary N) is 1. The van der Waals surface area contributed by atoms with Gasteiger partial charge in [-0.25, -0.2) is 0 Å². The van der Waals surface area contributed by atoms with E-state index < -0.39 is 0 Å². The SMILES string of the molecule is CC1(C)CCCC(N2CC3CCCC(N)C3C2)C1. The van der Waals surface area contributed by atoms with E-state index in [9.17, 15) is 0 Å². The summed E-state index contributed by atoms with van der Waals surface area (Å²) in [5, 5.41) is 0. The molecule has 0 aromatic rings. The Morgan fingerprint density at radius 1 is 1.06 bits per heavy atom. The zero-order valence-corrected chi connectivity index (χ0v) is 12.2. The second-order valence-corrected chi connectivity index (χ2v) is 7.89. The lowest BCUT2D eigenvalue weighted by Gasteiger charge is -2.40. The third-order valence-corrected chi connectivity index (χ3v) is 5.88. The van der Waals surface area contributed by atoms with Crippen molar-refractivity contribution in [3.63, 3.8) is 0 Å². The number of fused-ring (bicyclic) bond motifs is 1. The fourth-order valence-electron chi connectivity index (χ4n) is 4.82. The topological polar surface area (TPSA) is 29.3 Å². The van der Waals surface area contributed by atoms with Crippen molar-refractivity contribution in [3.8, 4) is 0 Å². The molecule has 3 aliphatic rings. The van der Waals surface area contributed by atoms with Gasteiger partial charge in [0.2, 0.25) is 0 Å². The quantitative estimate of drug-likeness (QED) is 0.775. The highest BCUT2D eigenvalue weighted by Gasteiger charge is 2.42. The molecule has 2 N–H and O–H groups in total. The van der Waals surface area contributed by atoms with Crippen molar-refractivity contribution in [1.29, 1.82) is 0 Å². The Kier molecular flexibility index (Phi) is 3.44. The summed E-state index contributed by atoms with van der Waals surface area (Å²) in [6.07, 6.45) is 9.75. The first-order chi connectivity index (χ1) is 8.55. The average molecular weight is 250 g/mol. The lowest BCUT2D eigenvalue weighted by molar-refractivity contribution is 0.108. The van der Waals surface area contributed by atoms with E-state index in [0.29, 0.717) is 11.5 Å². The molecule has 0 amide bonds. The van der Waals surface area contributed by atoms with Crippen molar-refractivity contribution >= 4 is 0 Å². The van der Waals surface area contributed by atoms with Crippen molar-refractivity contribution in [2.75, 3.05) is 13.1 Å². The lowest BCUT2D eigenvalue weighted by atomic mass is 9.75. The van der Waals surface area contributed by atoms with E-state index in [1.54, 1.807) is 0 Å². The van der Waals surface area contributed by atoms with Crippen LogP contribution in [-0.2, 0) is 0 Å². The molecule has 3 rings (SSSR count). The molecule has 0 radical (unpaired) electrons. The smallest absolute Gasteiger partial charge is 0.0101 e. The summed E-state index contributed by atoms with van der Waals surface area (Å²) < 4.78 is 0. The summed E-state index contributed by atoms with van der Waals surface area (Å²) in [5.74, 6) is 1.72. The Labute approximate surface area is 112 Å². The maximum atomic E-state index is 6.34. The zero-order chi connectivity index (χ0) is 12.8. The van der Waals surface area contributed by atoms with Crippen LogP contribution in [-0.4, -0.2) is 30.1 Å². The van der Waals surface area contributed by atoms with Crippen molar-refractivity contribution in [2.45, 2.75) is 70.9 Å². The molecule has 2 heteroatoms. The van der Waals surface area contributed by atoms with Gasteiger partial charge in [0.15, 0.2) is 0 Å². The molecule has 0 spiro atoms. The standard InChI is InChI=1S/C16H30N2/c1-16(2)8-4-6-13(9-16)18-10-12-5-3-7-15(17)14(12)11-18/h12-15H,3-11,17H2,1-2H3. The minimum atomic E-state index is 0.491. The molecule has 1 aliphatic heterocycles. The van der Waals surface area contributed by atoms with Crippen molar-refractivity contribution in [1.82, 2.24) is 4.90 Å². The van der Waals surface area contributed by atoms with Crippen LogP contribution < -0.4 is 5.73 Å². The molecular weight excluding hydrogens is 220 g/mol. The fraction of sp³-hybridized carbons (Fsp3) is 1.00. The Bertz CT molecular complexity index is 299. The number of rotatable bonds is 1. The molecule has 2 nitrogen and oxygen atoms in total. The van der Waals surface area contributed by atoms with Gasteiger partial charge in [-0.15, -0.1) is 0 Å². The summed E-state index contributed by atoms with van der Waals surface area (Å²) in [6, 6.07) is 1.34. The van der Waals surface area contributed by atoms with E-state index >= 15 is 0 Å². The van der Waals surface area contributed by atoms with Gasteiger partial charge in [0.05, 0.1) is 0 Å². The summed E-state index contributed by atoms with van der Waals surface area (Å²) in [7, 11) is 0. The summed E-state index contributed by atoms with van der Waals surface area (Å²) in [4.78, 5) is 2.81. The van der Waals surface area contributed by atoms with E-state index in [2.05, 4.69) is 18.7 Å². The maximum absolute atomic E-state index is 6.34. The van der Waals surface area contributed by atoms with Crippen LogP contribution in [0, 0.1) is 17.3 Å². The molecule has 0 aromatic heterocycles. The van der Waals surface area contributed by atoms with Crippen LogP contribution in [0.25, 0.3) is 0 Å². The molecule has 2 saturated carbocycles. The van der Waals surface area contributed by atoms with Crippen molar-refractivity contribution in [2.24, 2.45) is 23.0 Å². The number of hydrogen-bond donors (Lipinski definition) is 1. The highest BCUT2D eigenvalue weighted by molar-refractivity contribution is 4.96. The molecule has 1 heterocycles. The predicted octanol–water partition coefficient (Wildman–Crippen LogP) is 3.01. The molecule has 4 atom stereocenters. The van der Waals surface area contributed by atoms with E-state index in [1.807, 2.05) is 0 Å². The minimum Gasteiger partial charge on any atom is -0.327 e. The first-order valence-corrected chi connectivity index (χ1v) is 8.05. The number of nitrogens with zero attached hydrogens (tertiary/aromatic N) is 1. The van der Waals surface area contributed by atoms with Gasteiger partial charge in [0.25, 0.3) is 0 Å². The molecule has 0 aromatic carbocycles. The Balaban J connectivity index is 1.64.